The Bertz CT molecular complexity index is 621. The van der Waals surface area contributed by atoms with Crippen LogP contribution in [0.25, 0.3) is 10.6 Å². The van der Waals surface area contributed by atoms with Crippen LogP contribution in [0.5, 0.6) is 0 Å². The summed E-state index contributed by atoms with van der Waals surface area (Å²) in [6.07, 6.45) is 3.61. The SMILES string of the molecule is CCNC1CCCc2sc(-c3ccc(C)c(Cl)c3)nc21. The van der Waals surface area contributed by atoms with Crippen LogP contribution in [0.3, 0.4) is 0 Å². The van der Waals surface area contributed by atoms with Crippen LogP contribution in [0.4, 0.5) is 0 Å². The third-order valence-corrected chi connectivity index (χ3v) is 5.41. The standard InChI is InChI=1S/C16H19ClN2S/c1-3-18-13-5-4-6-14-15(13)19-16(20-14)11-8-7-10(2)12(17)9-11/h7-9,13,18H,3-6H2,1-2H3. The second-order valence-electron chi connectivity index (χ2n) is 5.29. The Kier molecular flexibility index (Phi) is 4.11. The molecule has 2 aromatic rings. The Labute approximate surface area is 129 Å². The second kappa shape index (κ2) is 5.84. The van der Waals surface area contributed by atoms with Gasteiger partial charge in [-0.05, 0) is 44.4 Å². The van der Waals surface area contributed by atoms with Gasteiger partial charge in [-0.3, -0.25) is 0 Å². The number of thiazole rings is 1. The first-order chi connectivity index (χ1) is 9.69. The van der Waals surface area contributed by atoms with E-state index in [0.717, 1.165) is 34.1 Å². The average Bonchev–Trinajstić information content (AvgIpc) is 2.87. The summed E-state index contributed by atoms with van der Waals surface area (Å²) >= 11 is 8.06. The molecule has 1 unspecified atom stereocenters. The molecule has 4 heteroatoms. The van der Waals surface area contributed by atoms with Gasteiger partial charge in [-0.1, -0.05) is 30.7 Å². The summed E-state index contributed by atoms with van der Waals surface area (Å²) < 4.78 is 0. The third-order valence-electron chi connectivity index (χ3n) is 3.82. The van der Waals surface area contributed by atoms with Gasteiger partial charge in [0.25, 0.3) is 0 Å². The number of hydrogen-bond acceptors (Lipinski definition) is 3. The van der Waals surface area contributed by atoms with Gasteiger partial charge in [0.05, 0.1) is 11.7 Å². The molecule has 0 radical (unpaired) electrons. The fourth-order valence-electron chi connectivity index (χ4n) is 2.71. The second-order valence-corrected chi connectivity index (χ2v) is 6.78. The van der Waals surface area contributed by atoms with Crippen molar-refractivity contribution in [3.8, 4) is 10.6 Å². The summed E-state index contributed by atoms with van der Waals surface area (Å²) in [5.74, 6) is 0. The predicted octanol–water partition coefficient (Wildman–Crippen LogP) is 4.76. The largest absolute Gasteiger partial charge is 0.309 e. The smallest absolute Gasteiger partial charge is 0.123 e. The lowest BCUT2D eigenvalue weighted by atomic mass is 9.97. The number of fused-ring (bicyclic) bond motifs is 1. The van der Waals surface area contributed by atoms with Crippen molar-refractivity contribution in [2.45, 2.75) is 39.2 Å². The molecular weight excluding hydrogens is 288 g/mol. The molecule has 1 atom stereocenters. The van der Waals surface area contributed by atoms with Crippen molar-refractivity contribution < 1.29 is 0 Å². The number of rotatable bonds is 3. The minimum atomic E-state index is 0.426. The molecule has 2 nitrogen and oxygen atoms in total. The van der Waals surface area contributed by atoms with Crippen molar-refractivity contribution in [2.24, 2.45) is 0 Å². The predicted molar refractivity (Wildman–Crippen MR) is 86.7 cm³/mol. The quantitative estimate of drug-likeness (QED) is 0.884. The molecule has 1 heterocycles. The molecule has 106 valence electrons. The van der Waals surface area contributed by atoms with Crippen LogP contribution in [-0.2, 0) is 6.42 Å². The average molecular weight is 307 g/mol. The summed E-state index contributed by atoms with van der Waals surface area (Å²) in [4.78, 5) is 6.33. The maximum Gasteiger partial charge on any atom is 0.123 e. The number of nitrogens with one attached hydrogen (secondary N) is 1. The van der Waals surface area contributed by atoms with Gasteiger partial charge < -0.3 is 5.32 Å². The van der Waals surface area contributed by atoms with Crippen LogP contribution < -0.4 is 5.32 Å². The van der Waals surface area contributed by atoms with Gasteiger partial charge in [0.1, 0.15) is 5.01 Å². The summed E-state index contributed by atoms with van der Waals surface area (Å²) in [6, 6.07) is 6.64. The van der Waals surface area contributed by atoms with E-state index in [0.29, 0.717) is 6.04 Å². The lowest BCUT2D eigenvalue weighted by Gasteiger charge is -2.21. The first-order valence-corrected chi connectivity index (χ1v) is 8.38. The van der Waals surface area contributed by atoms with Crippen LogP contribution in [0.1, 0.15) is 41.9 Å². The molecule has 20 heavy (non-hydrogen) atoms. The van der Waals surface area contributed by atoms with E-state index in [1.165, 1.54) is 23.4 Å². The molecule has 1 aromatic carbocycles. The van der Waals surface area contributed by atoms with Crippen molar-refractivity contribution in [1.82, 2.24) is 10.3 Å². The van der Waals surface area contributed by atoms with Crippen molar-refractivity contribution in [2.75, 3.05) is 6.54 Å². The van der Waals surface area contributed by atoms with Crippen molar-refractivity contribution in [1.29, 1.82) is 0 Å². The first kappa shape index (κ1) is 14.1. The molecule has 0 aliphatic heterocycles. The lowest BCUT2D eigenvalue weighted by Crippen LogP contribution is -2.24. The molecule has 1 N–H and O–H groups in total. The van der Waals surface area contributed by atoms with E-state index in [1.54, 1.807) is 0 Å². The summed E-state index contributed by atoms with van der Waals surface area (Å²) in [5, 5.41) is 5.46. The maximum absolute atomic E-state index is 6.23. The molecule has 0 bridgehead atoms. The molecule has 0 fully saturated rings. The number of aryl methyl sites for hydroxylation is 2. The van der Waals surface area contributed by atoms with Crippen LogP contribution in [0.15, 0.2) is 18.2 Å². The van der Waals surface area contributed by atoms with Gasteiger partial charge in [-0.2, -0.15) is 0 Å². The highest BCUT2D eigenvalue weighted by atomic mass is 35.5. The highest BCUT2D eigenvalue weighted by Crippen LogP contribution is 2.37. The maximum atomic E-state index is 6.23. The number of aromatic nitrogens is 1. The van der Waals surface area contributed by atoms with Crippen molar-refractivity contribution >= 4 is 22.9 Å². The van der Waals surface area contributed by atoms with Gasteiger partial charge in [-0.25, -0.2) is 4.98 Å². The molecule has 1 aliphatic carbocycles. The van der Waals surface area contributed by atoms with Gasteiger partial charge >= 0.3 is 0 Å². The van der Waals surface area contributed by atoms with E-state index in [4.69, 9.17) is 16.6 Å². The summed E-state index contributed by atoms with van der Waals surface area (Å²) in [7, 11) is 0. The van der Waals surface area contributed by atoms with Crippen molar-refractivity contribution in [3.05, 3.63) is 39.4 Å². The van der Waals surface area contributed by atoms with E-state index < -0.39 is 0 Å². The zero-order valence-electron chi connectivity index (χ0n) is 11.9. The molecular formula is C16H19ClN2S. The van der Waals surface area contributed by atoms with E-state index in [-0.39, 0.29) is 0 Å². The molecule has 0 spiro atoms. The van der Waals surface area contributed by atoms with Gasteiger partial charge in [0.15, 0.2) is 0 Å². The van der Waals surface area contributed by atoms with Crippen LogP contribution in [0, 0.1) is 6.92 Å². The molecule has 1 aliphatic rings. The molecule has 3 rings (SSSR count). The number of nitrogens with zero attached hydrogens (tertiary/aromatic N) is 1. The zero-order chi connectivity index (χ0) is 14.1. The highest BCUT2D eigenvalue weighted by Gasteiger charge is 2.24. The number of hydrogen-bond donors (Lipinski definition) is 1. The lowest BCUT2D eigenvalue weighted by molar-refractivity contribution is 0.465. The fourth-order valence-corrected chi connectivity index (χ4v) is 4.05. The van der Waals surface area contributed by atoms with E-state index >= 15 is 0 Å². The number of halogens is 1. The Morgan fingerprint density at radius 2 is 2.30 bits per heavy atom. The van der Waals surface area contributed by atoms with Crippen LogP contribution >= 0.6 is 22.9 Å². The van der Waals surface area contributed by atoms with Crippen LogP contribution in [-0.4, -0.2) is 11.5 Å². The zero-order valence-corrected chi connectivity index (χ0v) is 13.4. The van der Waals surface area contributed by atoms with E-state index in [9.17, 15) is 0 Å². The normalized spacial score (nSPS) is 18.1. The van der Waals surface area contributed by atoms with Crippen LogP contribution in [0.2, 0.25) is 5.02 Å². The topological polar surface area (TPSA) is 24.9 Å². The minimum absolute atomic E-state index is 0.426. The van der Waals surface area contributed by atoms with E-state index in [1.807, 2.05) is 24.3 Å². The van der Waals surface area contributed by atoms with E-state index in [2.05, 4.69) is 24.4 Å². The highest BCUT2D eigenvalue weighted by molar-refractivity contribution is 7.15. The Morgan fingerprint density at radius 1 is 1.45 bits per heavy atom. The first-order valence-electron chi connectivity index (χ1n) is 7.18. The third kappa shape index (κ3) is 2.62. The van der Waals surface area contributed by atoms with Gasteiger partial charge in [0, 0.05) is 15.5 Å². The van der Waals surface area contributed by atoms with Crippen molar-refractivity contribution in [3.63, 3.8) is 0 Å². The minimum Gasteiger partial charge on any atom is -0.309 e. The number of benzene rings is 1. The molecule has 0 amide bonds. The fraction of sp³-hybridized carbons (Fsp3) is 0.438. The molecule has 1 aromatic heterocycles. The summed E-state index contributed by atoms with van der Waals surface area (Å²) in [6.45, 7) is 5.18. The Morgan fingerprint density at radius 3 is 3.05 bits per heavy atom. The van der Waals surface area contributed by atoms with Gasteiger partial charge in [-0.15, -0.1) is 11.3 Å². The Hall–Kier alpha value is -0.900. The molecule has 0 saturated heterocycles. The summed E-state index contributed by atoms with van der Waals surface area (Å²) in [5.41, 5.74) is 3.51. The Balaban J connectivity index is 1.97. The monoisotopic (exact) mass is 306 g/mol. The molecule has 0 saturated carbocycles. The van der Waals surface area contributed by atoms with Gasteiger partial charge in [0.2, 0.25) is 0 Å².